The molecule has 146 valence electrons. The molecule has 0 bridgehead atoms. The van der Waals surface area contributed by atoms with Crippen molar-refractivity contribution in [3.63, 3.8) is 0 Å². The lowest BCUT2D eigenvalue weighted by Gasteiger charge is -2.36. The molecule has 9 nitrogen and oxygen atoms in total. The van der Waals surface area contributed by atoms with E-state index in [9.17, 15) is 8.42 Å². The van der Waals surface area contributed by atoms with Crippen molar-refractivity contribution in [3.8, 4) is 0 Å². The number of thiazole rings is 1. The van der Waals surface area contributed by atoms with Gasteiger partial charge in [-0.05, 0) is 12.1 Å². The molecule has 0 spiro atoms. The SMILES string of the molecule is O=S(=O)(N1CCOCC1)N1CCOC(c2cccc(Nc3nccs3)n2)C1. The van der Waals surface area contributed by atoms with E-state index in [0.29, 0.717) is 51.0 Å². The highest BCUT2D eigenvalue weighted by atomic mass is 32.2. The highest BCUT2D eigenvalue weighted by Gasteiger charge is 2.35. The van der Waals surface area contributed by atoms with Crippen LogP contribution < -0.4 is 5.32 Å². The molecule has 2 aliphatic heterocycles. The van der Waals surface area contributed by atoms with Crippen molar-refractivity contribution in [2.24, 2.45) is 0 Å². The first-order valence-corrected chi connectivity index (χ1v) is 11.0. The minimum atomic E-state index is -3.52. The molecule has 1 N–H and O–H groups in total. The van der Waals surface area contributed by atoms with Gasteiger partial charge in [-0.3, -0.25) is 0 Å². The van der Waals surface area contributed by atoms with Crippen LogP contribution in [0.1, 0.15) is 11.8 Å². The first kappa shape index (κ1) is 18.7. The van der Waals surface area contributed by atoms with Crippen LogP contribution in [0.15, 0.2) is 29.8 Å². The molecule has 2 aromatic rings. The van der Waals surface area contributed by atoms with Crippen LogP contribution in [0.3, 0.4) is 0 Å². The number of pyridine rings is 1. The van der Waals surface area contributed by atoms with Crippen LogP contribution in [-0.2, 0) is 19.7 Å². The van der Waals surface area contributed by atoms with Gasteiger partial charge in [0.2, 0.25) is 0 Å². The van der Waals surface area contributed by atoms with Crippen LogP contribution in [-0.4, -0.2) is 73.0 Å². The van der Waals surface area contributed by atoms with E-state index < -0.39 is 16.3 Å². The molecule has 4 rings (SSSR count). The smallest absolute Gasteiger partial charge is 0.282 e. The maximum absolute atomic E-state index is 12.9. The number of ether oxygens (including phenoxy) is 2. The van der Waals surface area contributed by atoms with Gasteiger partial charge >= 0.3 is 0 Å². The first-order chi connectivity index (χ1) is 13.1. The summed E-state index contributed by atoms with van der Waals surface area (Å²) in [6, 6.07) is 5.57. The first-order valence-electron chi connectivity index (χ1n) is 8.71. The lowest BCUT2D eigenvalue weighted by Crippen LogP contribution is -2.52. The zero-order valence-corrected chi connectivity index (χ0v) is 16.3. The van der Waals surface area contributed by atoms with Crippen molar-refractivity contribution in [2.75, 3.05) is 51.3 Å². The van der Waals surface area contributed by atoms with E-state index in [-0.39, 0.29) is 6.54 Å². The summed E-state index contributed by atoms with van der Waals surface area (Å²) in [5, 5.41) is 5.77. The predicted octanol–water partition coefficient (Wildman–Crippen LogP) is 1.23. The Hall–Kier alpha value is -1.63. The van der Waals surface area contributed by atoms with E-state index in [2.05, 4.69) is 15.3 Å². The van der Waals surface area contributed by atoms with Crippen LogP contribution in [0.4, 0.5) is 10.9 Å². The van der Waals surface area contributed by atoms with Crippen molar-refractivity contribution in [3.05, 3.63) is 35.5 Å². The minimum Gasteiger partial charge on any atom is -0.379 e. The van der Waals surface area contributed by atoms with Crippen LogP contribution in [0, 0.1) is 0 Å². The molecule has 1 atom stereocenters. The zero-order valence-electron chi connectivity index (χ0n) is 14.7. The fourth-order valence-electron chi connectivity index (χ4n) is 3.05. The van der Waals surface area contributed by atoms with Gasteiger partial charge in [-0.15, -0.1) is 11.3 Å². The normalized spacial score (nSPS) is 22.6. The fraction of sp³-hybridized carbons (Fsp3) is 0.500. The predicted molar refractivity (Wildman–Crippen MR) is 101 cm³/mol. The quantitative estimate of drug-likeness (QED) is 0.790. The fourth-order valence-corrected chi connectivity index (χ4v) is 5.15. The molecule has 0 aliphatic carbocycles. The lowest BCUT2D eigenvalue weighted by atomic mass is 10.2. The maximum Gasteiger partial charge on any atom is 0.282 e. The van der Waals surface area contributed by atoms with Crippen LogP contribution in [0.5, 0.6) is 0 Å². The Morgan fingerprint density at radius 2 is 1.96 bits per heavy atom. The Morgan fingerprint density at radius 3 is 2.74 bits per heavy atom. The van der Waals surface area contributed by atoms with Crippen molar-refractivity contribution < 1.29 is 17.9 Å². The van der Waals surface area contributed by atoms with E-state index in [1.54, 1.807) is 6.20 Å². The minimum absolute atomic E-state index is 0.243. The van der Waals surface area contributed by atoms with Crippen molar-refractivity contribution in [1.82, 2.24) is 18.6 Å². The lowest BCUT2D eigenvalue weighted by molar-refractivity contribution is -0.00837. The second kappa shape index (κ2) is 8.17. The van der Waals surface area contributed by atoms with E-state index in [4.69, 9.17) is 9.47 Å². The molecule has 0 amide bonds. The Morgan fingerprint density at radius 1 is 1.15 bits per heavy atom. The van der Waals surface area contributed by atoms with Crippen LogP contribution in [0.25, 0.3) is 0 Å². The number of hydrogen-bond donors (Lipinski definition) is 1. The van der Waals surface area contributed by atoms with Gasteiger partial charge in [0.15, 0.2) is 5.13 Å². The highest BCUT2D eigenvalue weighted by Crippen LogP contribution is 2.26. The number of rotatable bonds is 5. The maximum atomic E-state index is 12.9. The van der Waals surface area contributed by atoms with Gasteiger partial charge in [0.05, 0.1) is 25.5 Å². The summed E-state index contributed by atoms with van der Waals surface area (Å²) in [5.41, 5.74) is 0.693. The van der Waals surface area contributed by atoms with Crippen molar-refractivity contribution in [1.29, 1.82) is 0 Å². The third-order valence-electron chi connectivity index (χ3n) is 4.42. The Labute approximate surface area is 162 Å². The summed E-state index contributed by atoms with van der Waals surface area (Å²) in [6.07, 6.45) is 1.31. The highest BCUT2D eigenvalue weighted by molar-refractivity contribution is 7.86. The molecular formula is C16H21N5O4S2. The summed E-state index contributed by atoms with van der Waals surface area (Å²) in [6.45, 7) is 2.55. The van der Waals surface area contributed by atoms with Crippen molar-refractivity contribution in [2.45, 2.75) is 6.10 Å². The molecule has 27 heavy (non-hydrogen) atoms. The largest absolute Gasteiger partial charge is 0.379 e. The molecule has 4 heterocycles. The summed E-state index contributed by atoms with van der Waals surface area (Å²) in [4.78, 5) is 8.76. The number of nitrogens with zero attached hydrogens (tertiary/aromatic N) is 4. The van der Waals surface area contributed by atoms with Crippen LogP contribution >= 0.6 is 11.3 Å². The third kappa shape index (κ3) is 4.28. The topological polar surface area (TPSA) is 96.9 Å². The molecule has 0 aromatic carbocycles. The summed E-state index contributed by atoms with van der Waals surface area (Å²) in [7, 11) is -3.52. The summed E-state index contributed by atoms with van der Waals surface area (Å²) in [5.74, 6) is 0.652. The number of morpholine rings is 2. The van der Waals surface area contributed by atoms with E-state index in [1.807, 2.05) is 23.6 Å². The Balaban J connectivity index is 1.48. The molecular weight excluding hydrogens is 390 g/mol. The molecule has 1 unspecified atom stereocenters. The van der Waals surface area contributed by atoms with Gasteiger partial charge in [0.25, 0.3) is 10.2 Å². The molecule has 2 fully saturated rings. The van der Waals surface area contributed by atoms with E-state index in [1.165, 1.54) is 19.9 Å². The summed E-state index contributed by atoms with van der Waals surface area (Å²) >= 11 is 1.48. The van der Waals surface area contributed by atoms with Gasteiger partial charge in [-0.25, -0.2) is 9.97 Å². The average molecular weight is 412 g/mol. The second-order valence-electron chi connectivity index (χ2n) is 6.15. The zero-order chi connectivity index (χ0) is 18.7. The molecule has 0 saturated carbocycles. The van der Waals surface area contributed by atoms with Gasteiger partial charge in [-0.1, -0.05) is 6.07 Å². The van der Waals surface area contributed by atoms with E-state index >= 15 is 0 Å². The Bertz CT molecular complexity index is 855. The van der Waals surface area contributed by atoms with Gasteiger partial charge in [0, 0.05) is 37.8 Å². The molecule has 2 aromatic heterocycles. The van der Waals surface area contributed by atoms with Crippen LogP contribution in [0.2, 0.25) is 0 Å². The molecule has 11 heteroatoms. The summed E-state index contributed by atoms with van der Waals surface area (Å²) < 4.78 is 39.8. The van der Waals surface area contributed by atoms with E-state index in [0.717, 1.165) is 5.13 Å². The van der Waals surface area contributed by atoms with Gasteiger partial charge < -0.3 is 14.8 Å². The second-order valence-corrected chi connectivity index (χ2v) is 8.97. The average Bonchev–Trinajstić information content (AvgIpc) is 3.22. The van der Waals surface area contributed by atoms with Crippen molar-refractivity contribution >= 4 is 32.5 Å². The number of aromatic nitrogens is 2. The monoisotopic (exact) mass is 411 g/mol. The number of anilines is 2. The number of hydrogen-bond acceptors (Lipinski definition) is 8. The molecule has 0 radical (unpaired) electrons. The Kier molecular flexibility index (Phi) is 5.66. The standard InChI is InChI=1S/C16H21N5O4S2/c22-27(23,20-5-8-24-9-6-20)21-7-10-25-14(12-21)13-2-1-3-15(18-13)19-16-17-4-11-26-16/h1-4,11,14H,5-10,12H2,(H,17,18,19). The molecule has 2 aliphatic rings. The van der Waals surface area contributed by atoms with Gasteiger partial charge in [-0.2, -0.15) is 17.0 Å². The third-order valence-corrected chi connectivity index (χ3v) is 7.11. The number of nitrogens with one attached hydrogen (secondary N) is 1. The molecule has 2 saturated heterocycles. The van der Waals surface area contributed by atoms with Gasteiger partial charge in [0.1, 0.15) is 11.9 Å².